The number of nitrogens with two attached hydrogens (primary N) is 1. The number of halogens is 1. The largest absolute Gasteiger partial charge is 0.493 e. The van der Waals surface area contributed by atoms with Gasteiger partial charge in [-0.15, -0.1) is 12.4 Å². The molecule has 4 rings (SSSR count). The quantitative estimate of drug-likeness (QED) is 0.485. The zero-order valence-electron chi connectivity index (χ0n) is 20.1. The molecule has 2 aromatic carbocycles. The van der Waals surface area contributed by atoms with Crippen LogP contribution in [0.2, 0.25) is 0 Å². The monoisotopic (exact) mass is 516 g/mol. The van der Waals surface area contributed by atoms with E-state index in [9.17, 15) is 9.59 Å². The number of ether oxygens (including phenoxy) is 3. The van der Waals surface area contributed by atoms with E-state index in [1.807, 2.05) is 35.2 Å². The molecule has 192 valence electrons. The van der Waals surface area contributed by atoms with E-state index in [2.05, 4.69) is 15.3 Å². The van der Waals surface area contributed by atoms with Gasteiger partial charge in [-0.1, -0.05) is 30.3 Å². The van der Waals surface area contributed by atoms with Crippen LogP contribution in [0.3, 0.4) is 0 Å². The van der Waals surface area contributed by atoms with Crippen LogP contribution < -0.4 is 25.4 Å². The number of nitrogens with one attached hydrogen (secondary N) is 1. The number of alkyl carbamates (subject to hydrolysis) is 1. The number of fused-ring (bicyclic) bond motifs is 1. The van der Waals surface area contributed by atoms with Crippen molar-refractivity contribution in [2.75, 3.05) is 57.6 Å². The standard InChI is InChI=1S/C24H28N6O5.ClH/c1-33-19-12-17-18(13-20(19)34-2)27-23(28-22(17)25)30-10-8-29(9-11-30)21(31)14-26-24(32)35-15-16-6-4-3-5-7-16;/h3-7,12-13H,8-11,14-15H2,1-2H3,(H,26,32)(H2,25,27,28);1H. The van der Waals surface area contributed by atoms with Crippen LogP contribution in [0.5, 0.6) is 11.5 Å². The number of nitrogen functional groups attached to an aromatic ring is 1. The Kier molecular flexibility index (Phi) is 8.96. The van der Waals surface area contributed by atoms with Crippen LogP contribution in [-0.4, -0.2) is 73.8 Å². The van der Waals surface area contributed by atoms with Gasteiger partial charge in [-0.2, -0.15) is 4.98 Å². The van der Waals surface area contributed by atoms with E-state index in [0.29, 0.717) is 60.3 Å². The van der Waals surface area contributed by atoms with Crippen LogP contribution in [-0.2, 0) is 16.1 Å². The number of hydrogen-bond donors (Lipinski definition) is 2. The molecule has 36 heavy (non-hydrogen) atoms. The zero-order chi connectivity index (χ0) is 24.8. The maximum absolute atomic E-state index is 12.5. The molecule has 1 aliphatic rings. The minimum atomic E-state index is -0.632. The lowest BCUT2D eigenvalue weighted by molar-refractivity contribution is -0.130. The predicted octanol–water partition coefficient (Wildman–Crippen LogP) is 2.23. The first-order valence-corrected chi connectivity index (χ1v) is 11.1. The molecule has 2 heterocycles. The fourth-order valence-corrected chi connectivity index (χ4v) is 3.80. The lowest BCUT2D eigenvalue weighted by Crippen LogP contribution is -2.51. The second kappa shape index (κ2) is 12.1. The first kappa shape index (κ1) is 26.6. The maximum atomic E-state index is 12.5. The molecule has 0 saturated carbocycles. The SMILES string of the molecule is COc1cc2nc(N3CCN(C(=O)CNC(=O)OCc4ccccc4)CC3)nc(N)c2cc1OC.Cl. The van der Waals surface area contributed by atoms with E-state index in [1.54, 1.807) is 31.3 Å². The first-order chi connectivity index (χ1) is 17.0. The van der Waals surface area contributed by atoms with Crippen LogP contribution in [0.25, 0.3) is 10.9 Å². The van der Waals surface area contributed by atoms with Gasteiger partial charge in [0, 0.05) is 37.6 Å². The predicted molar refractivity (Wildman–Crippen MR) is 138 cm³/mol. The third kappa shape index (κ3) is 6.16. The van der Waals surface area contributed by atoms with E-state index in [0.717, 1.165) is 5.56 Å². The number of carbonyl (C=O) groups excluding carboxylic acids is 2. The van der Waals surface area contributed by atoms with Crippen LogP contribution in [0.15, 0.2) is 42.5 Å². The second-order valence-electron chi connectivity index (χ2n) is 7.92. The highest BCUT2D eigenvalue weighted by Gasteiger charge is 2.24. The van der Waals surface area contributed by atoms with E-state index in [-0.39, 0.29) is 31.5 Å². The van der Waals surface area contributed by atoms with Crippen molar-refractivity contribution in [1.29, 1.82) is 0 Å². The summed E-state index contributed by atoms with van der Waals surface area (Å²) in [6.45, 7) is 2.01. The van der Waals surface area contributed by atoms with Gasteiger partial charge in [0.1, 0.15) is 19.0 Å². The molecule has 1 aliphatic heterocycles. The van der Waals surface area contributed by atoms with E-state index >= 15 is 0 Å². The Bertz CT molecular complexity index is 1200. The Hall–Kier alpha value is -3.99. The Balaban J connectivity index is 0.00000361. The molecule has 3 aromatic rings. The Morgan fingerprint density at radius 1 is 1.00 bits per heavy atom. The number of piperazine rings is 1. The zero-order valence-corrected chi connectivity index (χ0v) is 20.9. The number of anilines is 2. The summed E-state index contributed by atoms with van der Waals surface area (Å²) in [5, 5.41) is 3.18. The lowest BCUT2D eigenvalue weighted by Gasteiger charge is -2.34. The summed E-state index contributed by atoms with van der Waals surface area (Å²) in [7, 11) is 3.11. The Labute approximate surface area is 214 Å². The van der Waals surface area contributed by atoms with Crippen molar-refractivity contribution in [3.05, 3.63) is 48.0 Å². The van der Waals surface area contributed by atoms with Gasteiger partial charge in [0.2, 0.25) is 11.9 Å². The van der Waals surface area contributed by atoms with Crippen molar-refractivity contribution in [2.45, 2.75) is 6.61 Å². The topological polar surface area (TPSA) is 132 Å². The van der Waals surface area contributed by atoms with Crippen LogP contribution >= 0.6 is 12.4 Å². The van der Waals surface area contributed by atoms with Crippen molar-refractivity contribution in [1.82, 2.24) is 20.2 Å². The number of rotatable bonds is 7. The van der Waals surface area contributed by atoms with Gasteiger partial charge >= 0.3 is 6.09 Å². The molecule has 12 heteroatoms. The summed E-state index contributed by atoms with van der Waals surface area (Å²) in [4.78, 5) is 37.2. The molecule has 0 unspecified atom stereocenters. The van der Waals surface area contributed by atoms with Crippen LogP contribution in [0.1, 0.15) is 5.56 Å². The molecule has 2 amide bonds. The molecule has 0 bridgehead atoms. The molecule has 1 aromatic heterocycles. The second-order valence-corrected chi connectivity index (χ2v) is 7.92. The number of carbonyl (C=O) groups is 2. The van der Waals surface area contributed by atoms with Gasteiger partial charge in [-0.3, -0.25) is 4.79 Å². The highest BCUT2D eigenvalue weighted by molar-refractivity contribution is 5.91. The number of nitrogens with zero attached hydrogens (tertiary/aromatic N) is 4. The highest BCUT2D eigenvalue weighted by Crippen LogP contribution is 2.34. The van der Waals surface area contributed by atoms with Gasteiger partial charge < -0.3 is 35.1 Å². The van der Waals surface area contributed by atoms with Crippen molar-refractivity contribution < 1.29 is 23.8 Å². The summed E-state index contributed by atoms with van der Waals surface area (Å²) >= 11 is 0. The number of methoxy groups -OCH3 is 2. The van der Waals surface area contributed by atoms with Gasteiger partial charge in [0.15, 0.2) is 11.5 Å². The number of hydrogen-bond acceptors (Lipinski definition) is 9. The maximum Gasteiger partial charge on any atom is 0.407 e. The molecule has 3 N–H and O–H groups in total. The van der Waals surface area contributed by atoms with Crippen molar-refractivity contribution in [3.8, 4) is 11.5 Å². The minimum Gasteiger partial charge on any atom is -0.493 e. The van der Waals surface area contributed by atoms with E-state index in [1.165, 1.54) is 0 Å². The third-order valence-corrected chi connectivity index (χ3v) is 5.73. The van der Waals surface area contributed by atoms with Gasteiger partial charge in [-0.05, 0) is 11.6 Å². The number of aromatic nitrogens is 2. The molecule has 11 nitrogen and oxygen atoms in total. The molecule has 0 atom stereocenters. The minimum absolute atomic E-state index is 0. The average Bonchev–Trinajstić information content (AvgIpc) is 2.90. The molecule has 1 saturated heterocycles. The highest BCUT2D eigenvalue weighted by atomic mass is 35.5. The van der Waals surface area contributed by atoms with Crippen molar-refractivity contribution >= 4 is 47.1 Å². The number of benzene rings is 2. The molecular formula is C24H29ClN6O5. The van der Waals surface area contributed by atoms with Crippen molar-refractivity contribution in [3.63, 3.8) is 0 Å². The van der Waals surface area contributed by atoms with Crippen LogP contribution in [0, 0.1) is 0 Å². The molecular weight excluding hydrogens is 488 g/mol. The van der Waals surface area contributed by atoms with Crippen LogP contribution in [0.4, 0.5) is 16.6 Å². The van der Waals surface area contributed by atoms with Crippen molar-refractivity contribution in [2.24, 2.45) is 0 Å². The molecule has 0 aliphatic carbocycles. The van der Waals surface area contributed by atoms with Gasteiger partial charge in [0.05, 0.1) is 19.7 Å². The fourth-order valence-electron chi connectivity index (χ4n) is 3.80. The first-order valence-electron chi connectivity index (χ1n) is 11.1. The summed E-state index contributed by atoms with van der Waals surface area (Å²) in [6.07, 6.45) is -0.632. The molecule has 0 spiro atoms. The summed E-state index contributed by atoms with van der Waals surface area (Å²) < 4.78 is 15.8. The van der Waals surface area contributed by atoms with E-state index in [4.69, 9.17) is 19.9 Å². The van der Waals surface area contributed by atoms with Gasteiger partial charge in [0.25, 0.3) is 0 Å². The summed E-state index contributed by atoms with van der Waals surface area (Å²) in [6, 6.07) is 12.9. The number of amides is 2. The molecule has 0 radical (unpaired) electrons. The molecule has 1 fully saturated rings. The normalized spacial score (nSPS) is 13.1. The van der Waals surface area contributed by atoms with Gasteiger partial charge in [-0.25, -0.2) is 9.78 Å². The average molecular weight is 517 g/mol. The lowest BCUT2D eigenvalue weighted by atomic mass is 10.2. The summed E-state index contributed by atoms with van der Waals surface area (Å²) in [5.41, 5.74) is 7.71. The fraction of sp³-hybridized carbons (Fsp3) is 0.333. The Morgan fingerprint density at radius 3 is 2.33 bits per heavy atom. The summed E-state index contributed by atoms with van der Waals surface area (Å²) in [5.74, 6) is 1.73. The third-order valence-electron chi connectivity index (χ3n) is 5.73. The van der Waals surface area contributed by atoms with E-state index < -0.39 is 6.09 Å². The smallest absolute Gasteiger partial charge is 0.407 e. The Morgan fingerprint density at radius 2 is 1.67 bits per heavy atom.